The highest BCUT2D eigenvalue weighted by molar-refractivity contribution is 5.89. The molecule has 0 amide bonds. The van der Waals surface area contributed by atoms with Crippen molar-refractivity contribution in [3.63, 3.8) is 0 Å². The molecule has 4 nitrogen and oxygen atoms in total. The zero-order valence-corrected chi connectivity index (χ0v) is 7.95. The van der Waals surface area contributed by atoms with E-state index >= 15 is 0 Å². The van der Waals surface area contributed by atoms with Crippen LogP contribution >= 0.6 is 0 Å². The normalized spacial score (nSPS) is 40.9. The lowest BCUT2D eigenvalue weighted by Gasteiger charge is -2.56. The molecule has 0 aromatic heterocycles. The molecule has 0 heterocycles. The predicted molar refractivity (Wildman–Crippen MR) is 47.8 cm³/mol. The van der Waals surface area contributed by atoms with Crippen molar-refractivity contribution in [3.8, 4) is 0 Å². The van der Waals surface area contributed by atoms with E-state index in [4.69, 9.17) is 10.2 Å². The van der Waals surface area contributed by atoms with Crippen LogP contribution in [0.3, 0.4) is 0 Å². The van der Waals surface area contributed by atoms with Gasteiger partial charge in [0, 0.05) is 0 Å². The first-order valence-corrected chi connectivity index (χ1v) is 5.02. The van der Waals surface area contributed by atoms with Gasteiger partial charge in [0.05, 0.1) is 10.8 Å². The molecule has 4 heteroatoms. The average Bonchev–Trinajstić information content (AvgIpc) is 2.06. The van der Waals surface area contributed by atoms with Crippen molar-refractivity contribution in [1.82, 2.24) is 0 Å². The van der Waals surface area contributed by atoms with Gasteiger partial charge in [0.2, 0.25) is 0 Å². The molecule has 2 aliphatic rings. The van der Waals surface area contributed by atoms with Gasteiger partial charge >= 0.3 is 11.9 Å². The summed E-state index contributed by atoms with van der Waals surface area (Å²) in [6.45, 7) is 0. The minimum Gasteiger partial charge on any atom is -0.481 e. The van der Waals surface area contributed by atoms with Gasteiger partial charge in [-0.1, -0.05) is 12.8 Å². The van der Waals surface area contributed by atoms with Crippen LogP contribution in [-0.2, 0) is 9.59 Å². The van der Waals surface area contributed by atoms with Gasteiger partial charge in [-0.25, -0.2) is 0 Å². The van der Waals surface area contributed by atoms with Crippen molar-refractivity contribution in [2.24, 2.45) is 10.8 Å². The summed E-state index contributed by atoms with van der Waals surface area (Å²) in [6, 6.07) is 0. The molecule has 0 aromatic carbocycles. The molecule has 2 aliphatic carbocycles. The van der Waals surface area contributed by atoms with E-state index in [0.717, 1.165) is 12.8 Å². The van der Waals surface area contributed by atoms with Crippen molar-refractivity contribution in [2.45, 2.75) is 38.5 Å². The van der Waals surface area contributed by atoms with Crippen LogP contribution in [0, 0.1) is 10.8 Å². The third-order valence-corrected chi connectivity index (χ3v) is 4.17. The summed E-state index contributed by atoms with van der Waals surface area (Å²) in [5.74, 6) is -1.82. The summed E-state index contributed by atoms with van der Waals surface area (Å²) in [6.07, 6.45) is 3.84. The standard InChI is InChI=1S/C10H14O4/c11-7(12)9-3-1-2-4-10(9,6-5-9)8(13)14/h1-6H2,(H,11,12)(H,13,14). The minimum atomic E-state index is -0.947. The van der Waals surface area contributed by atoms with E-state index in [1.165, 1.54) is 0 Å². The zero-order chi connectivity index (χ0) is 10.4. The maximum atomic E-state index is 11.2. The first-order valence-electron chi connectivity index (χ1n) is 5.02. The van der Waals surface area contributed by atoms with Gasteiger partial charge in [0.25, 0.3) is 0 Å². The Morgan fingerprint density at radius 1 is 0.786 bits per heavy atom. The minimum absolute atomic E-state index is 0.536. The van der Waals surface area contributed by atoms with Crippen LogP contribution in [0.25, 0.3) is 0 Å². The first-order chi connectivity index (χ1) is 6.55. The molecule has 2 fully saturated rings. The zero-order valence-electron chi connectivity index (χ0n) is 7.95. The maximum absolute atomic E-state index is 11.2. The van der Waals surface area contributed by atoms with Gasteiger partial charge in [0.15, 0.2) is 0 Å². The fourth-order valence-electron chi connectivity index (χ4n) is 3.15. The second-order valence-electron chi connectivity index (χ2n) is 4.48. The number of hydrogen-bond acceptors (Lipinski definition) is 2. The second-order valence-corrected chi connectivity index (χ2v) is 4.48. The van der Waals surface area contributed by atoms with Crippen molar-refractivity contribution in [3.05, 3.63) is 0 Å². The van der Waals surface area contributed by atoms with Crippen molar-refractivity contribution in [2.75, 3.05) is 0 Å². The molecule has 0 aliphatic heterocycles. The number of hydrogen-bond donors (Lipinski definition) is 2. The number of aliphatic carboxylic acids is 2. The molecule has 0 saturated heterocycles. The molecule has 2 unspecified atom stereocenters. The molecule has 0 aromatic rings. The topological polar surface area (TPSA) is 74.6 Å². The van der Waals surface area contributed by atoms with E-state index in [-0.39, 0.29) is 0 Å². The largest absolute Gasteiger partial charge is 0.481 e. The summed E-state index contributed by atoms with van der Waals surface area (Å²) in [4.78, 5) is 22.4. The van der Waals surface area contributed by atoms with Crippen LogP contribution in [0.4, 0.5) is 0 Å². The number of carbonyl (C=O) groups is 2. The second kappa shape index (κ2) is 2.72. The Morgan fingerprint density at radius 2 is 1.14 bits per heavy atom. The van der Waals surface area contributed by atoms with E-state index in [1.807, 2.05) is 0 Å². The molecule has 14 heavy (non-hydrogen) atoms. The Kier molecular flexibility index (Phi) is 1.84. The van der Waals surface area contributed by atoms with Crippen LogP contribution in [0.5, 0.6) is 0 Å². The van der Waals surface area contributed by atoms with E-state index in [0.29, 0.717) is 25.7 Å². The molecule has 0 bridgehead atoms. The molecular formula is C10H14O4. The average molecular weight is 198 g/mol. The van der Waals surface area contributed by atoms with E-state index < -0.39 is 22.8 Å². The van der Waals surface area contributed by atoms with Crippen molar-refractivity contribution < 1.29 is 19.8 Å². The lowest BCUT2D eigenvalue weighted by molar-refractivity contribution is -0.201. The molecule has 2 atom stereocenters. The first kappa shape index (κ1) is 9.49. The molecule has 2 saturated carbocycles. The highest BCUT2D eigenvalue weighted by Gasteiger charge is 2.68. The number of fused-ring (bicyclic) bond motifs is 1. The fraction of sp³-hybridized carbons (Fsp3) is 0.800. The molecule has 2 N–H and O–H groups in total. The highest BCUT2D eigenvalue weighted by Crippen LogP contribution is 2.64. The van der Waals surface area contributed by atoms with E-state index in [2.05, 4.69) is 0 Å². The molecule has 0 spiro atoms. The lowest BCUT2D eigenvalue weighted by Crippen LogP contribution is -2.61. The van der Waals surface area contributed by atoms with Crippen LogP contribution in [-0.4, -0.2) is 22.2 Å². The Morgan fingerprint density at radius 3 is 1.36 bits per heavy atom. The Hall–Kier alpha value is -1.06. The van der Waals surface area contributed by atoms with Crippen LogP contribution < -0.4 is 0 Å². The third-order valence-electron chi connectivity index (χ3n) is 4.17. The van der Waals surface area contributed by atoms with Gasteiger partial charge in [-0.15, -0.1) is 0 Å². The van der Waals surface area contributed by atoms with Crippen LogP contribution in [0.1, 0.15) is 38.5 Å². The Labute approximate surface area is 81.9 Å². The summed E-state index contributed by atoms with van der Waals surface area (Å²) < 4.78 is 0. The number of rotatable bonds is 2. The Bertz CT molecular complexity index is 268. The molecular weight excluding hydrogens is 184 g/mol. The smallest absolute Gasteiger partial charge is 0.310 e. The van der Waals surface area contributed by atoms with Gasteiger partial charge < -0.3 is 10.2 Å². The van der Waals surface area contributed by atoms with E-state index in [1.54, 1.807) is 0 Å². The Balaban J connectivity index is 2.38. The predicted octanol–water partition coefficient (Wildman–Crippen LogP) is 1.50. The quantitative estimate of drug-likeness (QED) is 0.705. The van der Waals surface area contributed by atoms with E-state index in [9.17, 15) is 9.59 Å². The van der Waals surface area contributed by atoms with Crippen LogP contribution in [0.15, 0.2) is 0 Å². The van der Waals surface area contributed by atoms with Crippen molar-refractivity contribution >= 4 is 11.9 Å². The monoisotopic (exact) mass is 198 g/mol. The molecule has 0 radical (unpaired) electrons. The number of carboxylic acid groups (broad SMARTS) is 2. The molecule has 2 rings (SSSR count). The van der Waals surface area contributed by atoms with Gasteiger partial charge in [0.1, 0.15) is 0 Å². The molecule has 78 valence electrons. The van der Waals surface area contributed by atoms with Gasteiger partial charge in [-0.2, -0.15) is 0 Å². The fourth-order valence-corrected chi connectivity index (χ4v) is 3.15. The van der Waals surface area contributed by atoms with Gasteiger partial charge in [-0.3, -0.25) is 9.59 Å². The summed E-state index contributed by atoms with van der Waals surface area (Å²) in [7, 11) is 0. The van der Waals surface area contributed by atoms with Crippen molar-refractivity contribution in [1.29, 1.82) is 0 Å². The van der Waals surface area contributed by atoms with Crippen LogP contribution in [0.2, 0.25) is 0 Å². The summed E-state index contributed by atoms with van der Waals surface area (Å²) >= 11 is 0. The summed E-state index contributed by atoms with van der Waals surface area (Å²) in [5, 5.41) is 18.3. The lowest BCUT2D eigenvalue weighted by atomic mass is 9.44. The highest BCUT2D eigenvalue weighted by atomic mass is 16.4. The number of carboxylic acids is 2. The summed E-state index contributed by atoms with van der Waals surface area (Å²) in [5.41, 5.74) is -1.89. The maximum Gasteiger partial charge on any atom is 0.310 e. The third kappa shape index (κ3) is 0.837. The SMILES string of the molecule is O=C(O)C12CCCCC1(C(=O)O)CC2. The van der Waals surface area contributed by atoms with Gasteiger partial charge in [-0.05, 0) is 25.7 Å².